The van der Waals surface area contributed by atoms with Gasteiger partial charge < -0.3 is 5.32 Å². The van der Waals surface area contributed by atoms with Gasteiger partial charge in [-0.1, -0.05) is 19.1 Å². The van der Waals surface area contributed by atoms with E-state index in [1.54, 1.807) is 0 Å². The first-order valence-corrected chi connectivity index (χ1v) is 4.22. The molecule has 1 nitrogen and oxygen atoms in total. The van der Waals surface area contributed by atoms with Gasteiger partial charge in [0.25, 0.3) is 0 Å². The molecule has 0 aliphatic rings. The summed E-state index contributed by atoms with van der Waals surface area (Å²) in [5, 5.41) is 3.25. The summed E-state index contributed by atoms with van der Waals surface area (Å²) in [7, 11) is 0. The van der Waals surface area contributed by atoms with E-state index in [1.165, 1.54) is 5.57 Å². The fourth-order valence-corrected chi connectivity index (χ4v) is 0.754. The van der Waals surface area contributed by atoms with Crippen molar-refractivity contribution in [1.82, 2.24) is 5.32 Å². The first kappa shape index (κ1) is 10.3. The van der Waals surface area contributed by atoms with Crippen LogP contribution in [0.15, 0.2) is 24.4 Å². The fourth-order valence-electron chi connectivity index (χ4n) is 0.754. The van der Waals surface area contributed by atoms with Gasteiger partial charge in [0.1, 0.15) is 0 Å². The van der Waals surface area contributed by atoms with Crippen LogP contribution in [0.5, 0.6) is 0 Å². The number of nitrogens with one attached hydrogen (secondary N) is 1. The van der Waals surface area contributed by atoms with Crippen LogP contribution in [0.4, 0.5) is 0 Å². The van der Waals surface area contributed by atoms with Gasteiger partial charge in [0.05, 0.1) is 0 Å². The summed E-state index contributed by atoms with van der Waals surface area (Å²) in [6.45, 7) is 13.0. The number of hydrogen-bond acceptors (Lipinski definition) is 1. The molecule has 0 heterocycles. The molecule has 0 bridgehead atoms. The molecule has 0 unspecified atom stereocenters. The zero-order valence-electron chi connectivity index (χ0n) is 7.74. The highest BCUT2D eigenvalue weighted by atomic mass is 14.9. The zero-order chi connectivity index (χ0) is 8.69. The third-order valence-electron chi connectivity index (χ3n) is 1.48. The zero-order valence-corrected chi connectivity index (χ0v) is 7.74. The predicted octanol–water partition coefficient (Wildman–Crippen LogP) is 2.86. The second-order valence-electron chi connectivity index (χ2n) is 2.99. The monoisotopic (exact) mass is 153 g/mol. The Kier molecular flexibility index (Phi) is 5.63. The highest BCUT2D eigenvalue weighted by Crippen LogP contribution is 2.05. The highest BCUT2D eigenvalue weighted by molar-refractivity contribution is 4.97. The van der Waals surface area contributed by atoms with Crippen LogP contribution in [-0.4, -0.2) is 6.54 Å². The fraction of sp³-hybridized carbons (Fsp3) is 0.600. The Morgan fingerprint density at radius 2 is 1.91 bits per heavy atom. The lowest BCUT2D eigenvalue weighted by molar-refractivity contribution is 0.725. The van der Waals surface area contributed by atoms with Gasteiger partial charge in [0.2, 0.25) is 0 Å². The van der Waals surface area contributed by atoms with Crippen LogP contribution in [0.25, 0.3) is 0 Å². The van der Waals surface area contributed by atoms with Gasteiger partial charge in [-0.3, -0.25) is 0 Å². The van der Waals surface area contributed by atoms with E-state index < -0.39 is 0 Å². The molecule has 1 N–H and O–H groups in total. The van der Waals surface area contributed by atoms with Crippen LogP contribution >= 0.6 is 0 Å². The van der Waals surface area contributed by atoms with E-state index in [2.05, 4.69) is 25.4 Å². The SMILES string of the molecule is C=C(C)CCC(=C)NCCC. The Balaban J connectivity index is 3.30. The average Bonchev–Trinajstić information content (AvgIpc) is 1.97. The van der Waals surface area contributed by atoms with E-state index in [-0.39, 0.29) is 0 Å². The van der Waals surface area contributed by atoms with Gasteiger partial charge >= 0.3 is 0 Å². The second-order valence-corrected chi connectivity index (χ2v) is 2.99. The molecule has 0 aromatic carbocycles. The summed E-state index contributed by atoms with van der Waals surface area (Å²) in [5.41, 5.74) is 2.36. The van der Waals surface area contributed by atoms with Crippen molar-refractivity contribution in [3.8, 4) is 0 Å². The van der Waals surface area contributed by atoms with Crippen molar-refractivity contribution < 1.29 is 0 Å². The van der Waals surface area contributed by atoms with Crippen LogP contribution in [-0.2, 0) is 0 Å². The van der Waals surface area contributed by atoms with E-state index in [1.807, 2.05) is 6.92 Å². The topological polar surface area (TPSA) is 12.0 Å². The quantitative estimate of drug-likeness (QED) is 0.578. The van der Waals surface area contributed by atoms with Gasteiger partial charge in [0.15, 0.2) is 0 Å². The first-order chi connectivity index (χ1) is 5.16. The molecule has 0 saturated heterocycles. The molecule has 0 radical (unpaired) electrons. The van der Waals surface area contributed by atoms with E-state index in [0.29, 0.717) is 0 Å². The maximum absolute atomic E-state index is 3.91. The third kappa shape index (κ3) is 7.17. The standard InChI is InChI=1S/C10H19N/c1-5-8-11-10(4)7-6-9(2)3/h11H,2,4-8H2,1,3H3. The maximum Gasteiger partial charge on any atom is 0.0141 e. The van der Waals surface area contributed by atoms with E-state index in [4.69, 9.17) is 0 Å². The Morgan fingerprint density at radius 3 is 2.36 bits per heavy atom. The molecule has 0 aliphatic carbocycles. The lowest BCUT2D eigenvalue weighted by Gasteiger charge is -2.07. The number of allylic oxidation sites excluding steroid dienone is 2. The number of rotatable bonds is 6. The van der Waals surface area contributed by atoms with Gasteiger partial charge in [0, 0.05) is 12.2 Å². The molecule has 0 spiro atoms. The summed E-state index contributed by atoms with van der Waals surface area (Å²) >= 11 is 0. The maximum atomic E-state index is 3.91. The van der Waals surface area contributed by atoms with Crippen molar-refractivity contribution >= 4 is 0 Å². The summed E-state index contributed by atoms with van der Waals surface area (Å²) in [6.07, 6.45) is 3.23. The molecular weight excluding hydrogens is 134 g/mol. The van der Waals surface area contributed by atoms with Crippen molar-refractivity contribution in [1.29, 1.82) is 0 Å². The van der Waals surface area contributed by atoms with Crippen LogP contribution in [0.2, 0.25) is 0 Å². The summed E-state index contributed by atoms with van der Waals surface area (Å²) in [5.74, 6) is 0. The largest absolute Gasteiger partial charge is 0.389 e. The molecule has 0 saturated carbocycles. The Hall–Kier alpha value is -0.720. The minimum absolute atomic E-state index is 1.02. The number of hydrogen-bond donors (Lipinski definition) is 1. The molecular formula is C10H19N. The van der Waals surface area contributed by atoms with E-state index in [0.717, 1.165) is 31.5 Å². The Bertz CT molecular complexity index is 136. The van der Waals surface area contributed by atoms with E-state index in [9.17, 15) is 0 Å². The lowest BCUT2D eigenvalue weighted by atomic mass is 10.1. The molecule has 0 aliphatic heterocycles. The lowest BCUT2D eigenvalue weighted by Crippen LogP contribution is -2.12. The smallest absolute Gasteiger partial charge is 0.0141 e. The van der Waals surface area contributed by atoms with Crippen molar-refractivity contribution in [2.75, 3.05) is 6.54 Å². The Labute approximate surface area is 70.2 Å². The van der Waals surface area contributed by atoms with Crippen molar-refractivity contribution in [2.45, 2.75) is 33.1 Å². The van der Waals surface area contributed by atoms with Crippen LogP contribution < -0.4 is 5.32 Å². The van der Waals surface area contributed by atoms with Crippen LogP contribution in [0, 0.1) is 0 Å². The van der Waals surface area contributed by atoms with Gasteiger partial charge in [-0.05, 0) is 26.2 Å². The predicted molar refractivity (Wildman–Crippen MR) is 51.5 cm³/mol. The molecule has 0 aromatic rings. The molecule has 0 atom stereocenters. The van der Waals surface area contributed by atoms with Gasteiger partial charge in [-0.2, -0.15) is 0 Å². The Morgan fingerprint density at radius 1 is 1.27 bits per heavy atom. The minimum atomic E-state index is 1.02. The van der Waals surface area contributed by atoms with Crippen LogP contribution in [0.1, 0.15) is 33.1 Å². The van der Waals surface area contributed by atoms with Crippen molar-refractivity contribution in [3.05, 3.63) is 24.4 Å². The molecule has 0 aromatic heterocycles. The summed E-state index contributed by atoms with van der Waals surface area (Å²) in [6, 6.07) is 0. The summed E-state index contributed by atoms with van der Waals surface area (Å²) < 4.78 is 0. The molecule has 11 heavy (non-hydrogen) atoms. The molecule has 0 fully saturated rings. The molecule has 0 rings (SSSR count). The molecule has 0 amide bonds. The molecule has 1 heteroatoms. The summed E-state index contributed by atoms with van der Waals surface area (Å²) in [4.78, 5) is 0. The molecule has 64 valence electrons. The minimum Gasteiger partial charge on any atom is -0.389 e. The van der Waals surface area contributed by atoms with Gasteiger partial charge in [-0.15, -0.1) is 6.58 Å². The highest BCUT2D eigenvalue weighted by Gasteiger charge is 1.92. The first-order valence-electron chi connectivity index (χ1n) is 4.22. The normalized spacial score (nSPS) is 9.27. The average molecular weight is 153 g/mol. The second kappa shape index (κ2) is 6.02. The third-order valence-corrected chi connectivity index (χ3v) is 1.48. The van der Waals surface area contributed by atoms with Gasteiger partial charge in [-0.25, -0.2) is 0 Å². The van der Waals surface area contributed by atoms with Crippen molar-refractivity contribution in [2.24, 2.45) is 0 Å². The van der Waals surface area contributed by atoms with E-state index >= 15 is 0 Å². The van der Waals surface area contributed by atoms with Crippen molar-refractivity contribution in [3.63, 3.8) is 0 Å². The van der Waals surface area contributed by atoms with Crippen LogP contribution in [0.3, 0.4) is 0 Å².